The number of nitrogens with two attached hydrogens (primary N) is 1. The number of aryl methyl sites for hydroxylation is 1. The number of hydrogen-bond donors (Lipinski definition) is 3. The normalized spacial score (nSPS) is 16.1. The third kappa shape index (κ3) is 3.79. The summed E-state index contributed by atoms with van der Waals surface area (Å²) in [6.07, 6.45) is 2.82. The lowest BCUT2D eigenvalue weighted by atomic mass is 9.88. The lowest BCUT2D eigenvalue weighted by Gasteiger charge is -2.18. The molecule has 0 aliphatic heterocycles. The van der Waals surface area contributed by atoms with E-state index in [4.69, 9.17) is 5.73 Å². The number of aromatic amines is 1. The summed E-state index contributed by atoms with van der Waals surface area (Å²) in [5.74, 6) is 0.150. The molecule has 1 aromatic carbocycles. The number of fused-ring (bicyclic) bond motifs is 2. The largest absolute Gasteiger partial charge is 0.365 e. The molecule has 2 amide bonds. The molecule has 4 rings (SSSR count). The zero-order chi connectivity index (χ0) is 19.8. The molecule has 1 aliphatic carbocycles. The Morgan fingerprint density at radius 3 is 3.04 bits per heavy atom. The molecule has 8 heteroatoms. The average molecular weight is 415 g/mol. The van der Waals surface area contributed by atoms with Gasteiger partial charge in [0.1, 0.15) is 5.00 Å². The van der Waals surface area contributed by atoms with E-state index in [0.29, 0.717) is 21.6 Å². The van der Waals surface area contributed by atoms with E-state index in [1.54, 1.807) is 0 Å². The maximum absolute atomic E-state index is 12.5. The Morgan fingerprint density at radius 2 is 2.25 bits per heavy atom. The fraction of sp³-hybridized carbons (Fsp3) is 0.350. The minimum atomic E-state index is -0.470. The van der Waals surface area contributed by atoms with Gasteiger partial charge in [0.2, 0.25) is 5.91 Å². The second kappa shape index (κ2) is 7.60. The molecular formula is C20H22N4O2S2. The first-order chi connectivity index (χ1) is 13.4. The molecule has 2 heterocycles. The summed E-state index contributed by atoms with van der Waals surface area (Å²) in [5.41, 5.74) is 10.1. The van der Waals surface area contributed by atoms with E-state index in [0.717, 1.165) is 41.4 Å². The Morgan fingerprint density at radius 1 is 1.43 bits per heavy atom. The maximum Gasteiger partial charge on any atom is 0.251 e. The molecule has 6 nitrogen and oxygen atoms in total. The Balaban J connectivity index is 1.46. The Kier molecular flexibility index (Phi) is 5.16. The zero-order valence-corrected chi connectivity index (χ0v) is 17.4. The van der Waals surface area contributed by atoms with Gasteiger partial charge in [0.05, 0.1) is 22.3 Å². The third-order valence-electron chi connectivity index (χ3n) is 4.97. The van der Waals surface area contributed by atoms with Crippen LogP contribution in [0.4, 0.5) is 5.00 Å². The van der Waals surface area contributed by atoms with Gasteiger partial charge in [-0.1, -0.05) is 24.8 Å². The van der Waals surface area contributed by atoms with E-state index < -0.39 is 5.91 Å². The summed E-state index contributed by atoms with van der Waals surface area (Å²) in [6, 6.07) is 6.00. The van der Waals surface area contributed by atoms with E-state index >= 15 is 0 Å². The van der Waals surface area contributed by atoms with Crippen molar-refractivity contribution >= 4 is 50.9 Å². The summed E-state index contributed by atoms with van der Waals surface area (Å²) >= 11 is 2.82. The first kappa shape index (κ1) is 19.0. The monoisotopic (exact) mass is 414 g/mol. The minimum Gasteiger partial charge on any atom is -0.365 e. The van der Waals surface area contributed by atoms with Gasteiger partial charge in [-0.05, 0) is 55.4 Å². The molecule has 3 aromatic rings. The number of primary amides is 1. The maximum atomic E-state index is 12.5. The van der Waals surface area contributed by atoms with Crippen LogP contribution in [0.5, 0.6) is 0 Å². The van der Waals surface area contributed by atoms with Crippen LogP contribution in [-0.2, 0) is 17.6 Å². The lowest BCUT2D eigenvalue weighted by Crippen LogP contribution is -2.20. The van der Waals surface area contributed by atoms with Gasteiger partial charge < -0.3 is 16.0 Å². The van der Waals surface area contributed by atoms with Crippen LogP contribution in [0, 0.1) is 12.8 Å². The number of aromatic nitrogens is 2. The number of thiophene rings is 1. The molecule has 146 valence electrons. The molecular weight excluding hydrogens is 392 g/mol. The number of thioether (sulfide) groups is 1. The molecule has 1 aliphatic rings. The molecule has 0 spiro atoms. The van der Waals surface area contributed by atoms with Crippen molar-refractivity contribution < 1.29 is 9.59 Å². The van der Waals surface area contributed by atoms with Crippen LogP contribution in [0.2, 0.25) is 0 Å². The van der Waals surface area contributed by atoms with Crippen LogP contribution in [0.15, 0.2) is 23.4 Å². The van der Waals surface area contributed by atoms with Gasteiger partial charge in [-0.3, -0.25) is 9.59 Å². The van der Waals surface area contributed by atoms with Crippen LogP contribution in [0.3, 0.4) is 0 Å². The van der Waals surface area contributed by atoms with Crippen molar-refractivity contribution in [2.45, 2.75) is 38.3 Å². The number of carbonyl (C=O) groups is 2. The summed E-state index contributed by atoms with van der Waals surface area (Å²) < 4.78 is 0. The van der Waals surface area contributed by atoms with E-state index in [2.05, 4.69) is 22.2 Å². The number of rotatable bonds is 5. The summed E-state index contributed by atoms with van der Waals surface area (Å²) in [5, 5.41) is 4.17. The SMILES string of the molecule is Cc1ccc2nc(SCC(=O)Nc3sc4c(c3C(N)=O)CCC(C)C4)[nH]c2c1. The minimum absolute atomic E-state index is 0.171. The number of imidazole rings is 1. The van der Waals surface area contributed by atoms with E-state index in [-0.39, 0.29) is 11.7 Å². The van der Waals surface area contributed by atoms with E-state index in [1.807, 2.05) is 25.1 Å². The topological polar surface area (TPSA) is 101 Å². The van der Waals surface area contributed by atoms with Crippen LogP contribution >= 0.6 is 23.1 Å². The Labute approximate surface area is 171 Å². The summed E-state index contributed by atoms with van der Waals surface area (Å²) in [6.45, 7) is 4.23. The fourth-order valence-electron chi connectivity index (χ4n) is 3.56. The van der Waals surface area contributed by atoms with Crippen molar-refractivity contribution in [3.05, 3.63) is 39.8 Å². The van der Waals surface area contributed by atoms with Crippen molar-refractivity contribution in [2.24, 2.45) is 11.7 Å². The Bertz CT molecular complexity index is 1070. The predicted octanol–water partition coefficient (Wildman–Crippen LogP) is 3.89. The highest BCUT2D eigenvalue weighted by molar-refractivity contribution is 7.99. The van der Waals surface area contributed by atoms with Crippen LogP contribution in [0.1, 0.15) is 39.7 Å². The Hall–Kier alpha value is -2.32. The predicted molar refractivity (Wildman–Crippen MR) is 114 cm³/mol. The van der Waals surface area contributed by atoms with Crippen LogP contribution in [0.25, 0.3) is 11.0 Å². The molecule has 0 fully saturated rings. The van der Waals surface area contributed by atoms with Gasteiger partial charge in [-0.15, -0.1) is 11.3 Å². The fourth-order valence-corrected chi connectivity index (χ4v) is 5.68. The molecule has 28 heavy (non-hydrogen) atoms. The standard InChI is InChI=1S/C20H22N4O2S2/c1-10-4-6-13-14(7-10)23-20(22-13)27-9-16(25)24-19-17(18(21)26)12-5-3-11(2)8-15(12)28-19/h4,6-7,11H,3,5,8-9H2,1-2H3,(H2,21,26)(H,22,23)(H,24,25). The second-order valence-electron chi connectivity index (χ2n) is 7.32. The van der Waals surface area contributed by atoms with Gasteiger partial charge in [0, 0.05) is 4.88 Å². The van der Waals surface area contributed by atoms with E-state index in [1.165, 1.54) is 28.0 Å². The molecule has 0 bridgehead atoms. The molecule has 0 saturated carbocycles. The molecule has 0 radical (unpaired) electrons. The number of hydrogen-bond acceptors (Lipinski definition) is 5. The molecule has 1 atom stereocenters. The van der Waals surface area contributed by atoms with Gasteiger partial charge in [0.25, 0.3) is 5.91 Å². The highest BCUT2D eigenvalue weighted by atomic mass is 32.2. The smallest absolute Gasteiger partial charge is 0.251 e. The number of amides is 2. The van der Waals surface area contributed by atoms with Gasteiger partial charge in [-0.25, -0.2) is 4.98 Å². The van der Waals surface area contributed by atoms with Gasteiger partial charge in [-0.2, -0.15) is 0 Å². The molecule has 1 unspecified atom stereocenters. The number of nitrogens with one attached hydrogen (secondary N) is 2. The number of anilines is 1. The molecule has 0 saturated heterocycles. The molecule has 2 aromatic heterocycles. The van der Waals surface area contributed by atoms with Crippen molar-refractivity contribution in [1.82, 2.24) is 9.97 Å². The average Bonchev–Trinajstić information content (AvgIpc) is 3.19. The van der Waals surface area contributed by atoms with Gasteiger partial charge in [0.15, 0.2) is 5.16 Å². The number of carbonyl (C=O) groups excluding carboxylic acids is 2. The van der Waals surface area contributed by atoms with Crippen molar-refractivity contribution in [2.75, 3.05) is 11.1 Å². The number of nitrogens with zero attached hydrogens (tertiary/aromatic N) is 1. The quantitative estimate of drug-likeness (QED) is 0.551. The van der Waals surface area contributed by atoms with Gasteiger partial charge >= 0.3 is 0 Å². The number of benzene rings is 1. The van der Waals surface area contributed by atoms with Crippen molar-refractivity contribution in [3.63, 3.8) is 0 Å². The summed E-state index contributed by atoms with van der Waals surface area (Å²) in [7, 11) is 0. The third-order valence-corrected chi connectivity index (χ3v) is 7.01. The highest BCUT2D eigenvalue weighted by Gasteiger charge is 2.27. The highest BCUT2D eigenvalue weighted by Crippen LogP contribution is 2.39. The first-order valence-corrected chi connectivity index (χ1v) is 11.0. The first-order valence-electron chi connectivity index (χ1n) is 9.24. The second-order valence-corrected chi connectivity index (χ2v) is 9.39. The lowest BCUT2D eigenvalue weighted by molar-refractivity contribution is -0.113. The van der Waals surface area contributed by atoms with E-state index in [9.17, 15) is 9.59 Å². The van der Waals surface area contributed by atoms with Crippen LogP contribution < -0.4 is 11.1 Å². The zero-order valence-electron chi connectivity index (χ0n) is 15.8. The number of H-pyrrole nitrogens is 1. The molecule has 4 N–H and O–H groups in total. The van der Waals surface area contributed by atoms with Crippen molar-refractivity contribution in [3.8, 4) is 0 Å². The van der Waals surface area contributed by atoms with Crippen LogP contribution in [-0.4, -0.2) is 27.5 Å². The summed E-state index contributed by atoms with van der Waals surface area (Å²) in [4.78, 5) is 33.4. The van der Waals surface area contributed by atoms with Crippen molar-refractivity contribution in [1.29, 1.82) is 0 Å².